The molecule has 0 unspecified atom stereocenters. The molecule has 2 fully saturated rings. The third-order valence-electron chi connectivity index (χ3n) is 6.84. The van der Waals surface area contributed by atoms with Crippen LogP contribution in [-0.4, -0.2) is 71.8 Å². The van der Waals surface area contributed by atoms with E-state index < -0.39 is 5.41 Å². The summed E-state index contributed by atoms with van der Waals surface area (Å²) in [5, 5.41) is 13.2. The highest BCUT2D eigenvalue weighted by molar-refractivity contribution is 5.61. The van der Waals surface area contributed by atoms with Gasteiger partial charge in [0.1, 0.15) is 25.1 Å². The first-order valence-corrected chi connectivity index (χ1v) is 12.6. The van der Waals surface area contributed by atoms with Gasteiger partial charge in [-0.15, -0.1) is 0 Å². The second-order valence-electron chi connectivity index (χ2n) is 9.68. The fraction of sp³-hybridized carbons (Fsp3) is 0.615. The standard InChI is InChI=1S/C26H35N7O3/c1-19(14-34-2)28-13-20-3-5-21(6-4-20)33-24-11-22(29-17-31-24)23-12-25(32-18-30-23)36-16-26(15-27)7-9-35-10-8-26/h11-13,17-21H,3-10,14,16H2,1-2H3,(H,29,31,33)/t19-,20?,21?/m1/s1. The van der Waals surface area contributed by atoms with E-state index in [4.69, 9.17) is 14.2 Å². The maximum atomic E-state index is 9.65. The number of methoxy groups -OCH3 is 1. The molecule has 0 amide bonds. The molecule has 10 nitrogen and oxygen atoms in total. The van der Waals surface area contributed by atoms with Crippen LogP contribution in [0, 0.1) is 22.7 Å². The molecule has 1 aliphatic carbocycles. The van der Waals surface area contributed by atoms with Crippen molar-refractivity contribution in [3.8, 4) is 23.3 Å². The molecule has 0 aromatic carbocycles. The summed E-state index contributed by atoms with van der Waals surface area (Å²) < 4.78 is 16.5. The molecule has 2 aromatic rings. The van der Waals surface area contributed by atoms with Crippen LogP contribution in [0.1, 0.15) is 45.4 Å². The predicted octanol–water partition coefficient (Wildman–Crippen LogP) is 3.71. The van der Waals surface area contributed by atoms with Crippen LogP contribution in [0.2, 0.25) is 0 Å². The third kappa shape index (κ3) is 7.18. The number of ether oxygens (including phenoxy) is 3. The monoisotopic (exact) mass is 493 g/mol. The predicted molar refractivity (Wildman–Crippen MR) is 136 cm³/mol. The van der Waals surface area contributed by atoms with Gasteiger partial charge in [0.2, 0.25) is 5.88 Å². The van der Waals surface area contributed by atoms with Gasteiger partial charge in [0.05, 0.1) is 35.5 Å². The summed E-state index contributed by atoms with van der Waals surface area (Å²) >= 11 is 0. The Hall–Kier alpha value is -3.16. The van der Waals surface area contributed by atoms with Crippen LogP contribution in [0.3, 0.4) is 0 Å². The van der Waals surface area contributed by atoms with Crippen molar-refractivity contribution < 1.29 is 14.2 Å². The summed E-state index contributed by atoms with van der Waals surface area (Å²) in [4.78, 5) is 22.0. The van der Waals surface area contributed by atoms with Crippen molar-refractivity contribution >= 4 is 12.0 Å². The Morgan fingerprint density at radius 2 is 1.86 bits per heavy atom. The maximum Gasteiger partial charge on any atom is 0.217 e. The summed E-state index contributed by atoms with van der Waals surface area (Å²) in [6.45, 7) is 4.15. The second-order valence-corrected chi connectivity index (χ2v) is 9.68. The summed E-state index contributed by atoms with van der Waals surface area (Å²) in [7, 11) is 1.71. The molecule has 36 heavy (non-hydrogen) atoms. The summed E-state index contributed by atoms with van der Waals surface area (Å²) in [6.07, 6.45) is 10.7. The number of anilines is 1. The zero-order valence-corrected chi connectivity index (χ0v) is 21.1. The number of nitrogens with zero attached hydrogens (tertiary/aromatic N) is 6. The molecule has 1 aliphatic heterocycles. The number of rotatable bonds is 10. The van der Waals surface area contributed by atoms with Crippen molar-refractivity contribution in [3.05, 3.63) is 24.8 Å². The number of nitrogens with one attached hydrogen (secondary N) is 1. The van der Waals surface area contributed by atoms with Crippen LogP contribution in [0.4, 0.5) is 5.82 Å². The fourth-order valence-electron chi connectivity index (χ4n) is 4.57. The van der Waals surface area contributed by atoms with Crippen molar-refractivity contribution in [2.45, 2.75) is 57.5 Å². The average molecular weight is 494 g/mol. The second kappa shape index (κ2) is 12.7. The summed E-state index contributed by atoms with van der Waals surface area (Å²) in [5.41, 5.74) is 0.796. The molecule has 1 atom stereocenters. The van der Waals surface area contributed by atoms with Gasteiger partial charge in [0, 0.05) is 44.7 Å². The first-order valence-electron chi connectivity index (χ1n) is 12.6. The zero-order chi connectivity index (χ0) is 25.2. The van der Waals surface area contributed by atoms with Crippen molar-refractivity contribution in [1.82, 2.24) is 19.9 Å². The number of hydrogen-bond acceptors (Lipinski definition) is 10. The minimum absolute atomic E-state index is 0.201. The van der Waals surface area contributed by atoms with Crippen LogP contribution >= 0.6 is 0 Å². The SMILES string of the molecule is COC[C@@H](C)N=CC1CCC(Nc2cc(-c3cc(OCC4(C#N)CCOCC4)ncn3)ncn2)CC1. The highest BCUT2D eigenvalue weighted by Gasteiger charge is 2.34. The Morgan fingerprint density at radius 3 is 2.58 bits per heavy atom. The quantitative estimate of drug-likeness (QED) is 0.493. The Morgan fingerprint density at radius 1 is 1.14 bits per heavy atom. The normalized spacial score (nSPS) is 22.6. The molecule has 3 heterocycles. The molecule has 10 heteroatoms. The molecule has 1 saturated carbocycles. The Balaban J connectivity index is 1.32. The van der Waals surface area contributed by atoms with E-state index in [0.29, 0.717) is 61.9 Å². The van der Waals surface area contributed by atoms with Gasteiger partial charge in [-0.25, -0.2) is 19.9 Å². The molecule has 0 radical (unpaired) electrons. The first-order chi connectivity index (χ1) is 17.6. The van der Waals surface area contributed by atoms with Gasteiger partial charge in [-0.3, -0.25) is 4.99 Å². The highest BCUT2D eigenvalue weighted by atomic mass is 16.5. The van der Waals surface area contributed by atoms with Crippen LogP contribution < -0.4 is 10.1 Å². The van der Waals surface area contributed by atoms with E-state index in [9.17, 15) is 5.26 Å². The Bertz CT molecular complexity index is 1040. The van der Waals surface area contributed by atoms with Crippen molar-refractivity contribution in [2.75, 3.05) is 38.9 Å². The van der Waals surface area contributed by atoms with E-state index in [1.807, 2.05) is 6.07 Å². The molecule has 2 aliphatic rings. The smallest absolute Gasteiger partial charge is 0.217 e. The largest absolute Gasteiger partial charge is 0.476 e. The zero-order valence-electron chi connectivity index (χ0n) is 21.1. The number of aromatic nitrogens is 4. The maximum absolute atomic E-state index is 9.65. The summed E-state index contributed by atoms with van der Waals surface area (Å²) in [5.74, 6) is 1.72. The van der Waals surface area contributed by atoms with Gasteiger partial charge in [-0.1, -0.05) is 0 Å². The van der Waals surface area contributed by atoms with Crippen LogP contribution in [-0.2, 0) is 9.47 Å². The van der Waals surface area contributed by atoms with Gasteiger partial charge in [-0.05, 0) is 51.4 Å². The lowest BCUT2D eigenvalue weighted by atomic mass is 9.83. The van der Waals surface area contributed by atoms with E-state index in [1.54, 1.807) is 19.5 Å². The topological polar surface area (TPSA) is 127 Å². The Labute approximate surface area is 212 Å². The number of aliphatic imine (C=N–C) groups is 1. The van der Waals surface area contributed by atoms with Gasteiger partial charge < -0.3 is 19.5 Å². The van der Waals surface area contributed by atoms with Gasteiger partial charge in [0.25, 0.3) is 0 Å². The lowest BCUT2D eigenvalue weighted by Gasteiger charge is -2.30. The molecular weight excluding hydrogens is 458 g/mol. The van der Waals surface area contributed by atoms with Crippen molar-refractivity contribution in [1.29, 1.82) is 5.26 Å². The van der Waals surface area contributed by atoms with E-state index in [1.165, 1.54) is 6.33 Å². The highest BCUT2D eigenvalue weighted by Crippen LogP contribution is 2.31. The lowest BCUT2D eigenvalue weighted by Crippen LogP contribution is -2.34. The van der Waals surface area contributed by atoms with E-state index in [2.05, 4.69) is 49.5 Å². The molecule has 0 bridgehead atoms. The molecule has 192 valence electrons. The van der Waals surface area contributed by atoms with E-state index in [0.717, 1.165) is 31.5 Å². The third-order valence-corrected chi connectivity index (χ3v) is 6.84. The fourth-order valence-corrected chi connectivity index (χ4v) is 4.57. The number of hydrogen-bond donors (Lipinski definition) is 1. The van der Waals surface area contributed by atoms with Gasteiger partial charge in [-0.2, -0.15) is 5.26 Å². The minimum atomic E-state index is -0.539. The van der Waals surface area contributed by atoms with Crippen LogP contribution in [0.25, 0.3) is 11.4 Å². The number of nitriles is 1. The minimum Gasteiger partial charge on any atom is -0.476 e. The molecule has 1 N–H and O–H groups in total. The molecule has 4 rings (SSSR count). The van der Waals surface area contributed by atoms with Crippen molar-refractivity contribution in [2.24, 2.45) is 16.3 Å². The summed E-state index contributed by atoms with van der Waals surface area (Å²) in [6, 6.07) is 6.63. The van der Waals surface area contributed by atoms with Gasteiger partial charge in [0.15, 0.2) is 0 Å². The average Bonchev–Trinajstić information content (AvgIpc) is 2.93. The molecule has 2 aromatic heterocycles. The Kier molecular flexibility index (Phi) is 9.14. The van der Waals surface area contributed by atoms with E-state index >= 15 is 0 Å². The lowest BCUT2D eigenvalue weighted by molar-refractivity contribution is 0.0183. The first kappa shape index (κ1) is 25.9. The van der Waals surface area contributed by atoms with Gasteiger partial charge >= 0.3 is 0 Å². The van der Waals surface area contributed by atoms with Crippen LogP contribution in [0.5, 0.6) is 5.88 Å². The molecule has 0 spiro atoms. The molecular formula is C26H35N7O3. The van der Waals surface area contributed by atoms with E-state index in [-0.39, 0.29) is 12.6 Å². The molecule has 1 saturated heterocycles. The van der Waals surface area contributed by atoms with Crippen LogP contribution in [0.15, 0.2) is 29.8 Å². The van der Waals surface area contributed by atoms with Crippen molar-refractivity contribution in [3.63, 3.8) is 0 Å².